The number of amides is 2. The molecule has 0 saturated carbocycles. The van der Waals surface area contributed by atoms with Gasteiger partial charge in [-0.25, -0.2) is 13.8 Å². The van der Waals surface area contributed by atoms with Crippen LogP contribution in [0, 0.1) is 11.6 Å². The van der Waals surface area contributed by atoms with Gasteiger partial charge in [0.15, 0.2) is 5.13 Å². The lowest BCUT2D eigenvalue weighted by Gasteiger charge is -2.25. The van der Waals surface area contributed by atoms with Gasteiger partial charge in [-0.1, -0.05) is 6.07 Å². The van der Waals surface area contributed by atoms with Crippen LogP contribution in [-0.4, -0.2) is 43.1 Å². The minimum atomic E-state index is -1.09. The van der Waals surface area contributed by atoms with E-state index in [1.807, 2.05) is 10.3 Å². The van der Waals surface area contributed by atoms with E-state index in [9.17, 15) is 18.4 Å². The predicted molar refractivity (Wildman–Crippen MR) is 86.4 cm³/mol. The Bertz CT molecular complexity index is 773. The van der Waals surface area contributed by atoms with Crippen molar-refractivity contribution in [3.63, 3.8) is 0 Å². The Labute approximate surface area is 145 Å². The third-order valence-corrected chi connectivity index (χ3v) is 4.39. The number of hydrogen-bond donors (Lipinski definition) is 2. The van der Waals surface area contributed by atoms with Gasteiger partial charge in [0.05, 0.1) is 13.2 Å². The van der Waals surface area contributed by atoms with Crippen molar-refractivity contribution in [2.75, 3.05) is 31.2 Å². The summed E-state index contributed by atoms with van der Waals surface area (Å²) < 4.78 is 32.3. The Kier molecular flexibility index (Phi) is 5.19. The number of halogens is 2. The van der Waals surface area contributed by atoms with Crippen molar-refractivity contribution in [1.82, 2.24) is 15.8 Å². The molecule has 0 atom stereocenters. The predicted octanol–water partition coefficient (Wildman–Crippen LogP) is 1.33. The third kappa shape index (κ3) is 3.91. The van der Waals surface area contributed by atoms with Crippen LogP contribution in [-0.2, 0) is 4.74 Å². The number of hydrazine groups is 1. The summed E-state index contributed by atoms with van der Waals surface area (Å²) in [4.78, 5) is 30.0. The molecule has 0 radical (unpaired) electrons. The summed E-state index contributed by atoms with van der Waals surface area (Å²) in [5, 5.41) is 2.20. The molecule has 0 unspecified atom stereocenters. The molecule has 2 amide bonds. The van der Waals surface area contributed by atoms with E-state index in [0.717, 1.165) is 18.2 Å². The Morgan fingerprint density at radius 2 is 1.76 bits per heavy atom. The Hall–Kier alpha value is -2.59. The molecule has 10 heteroatoms. The number of thiazole rings is 1. The van der Waals surface area contributed by atoms with Crippen LogP contribution < -0.4 is 15.8 Å². The normalized spacial score (nSPS) is 14.2. The van der Waals surface area contributed by atoms with Gasteiger partial charge in [-0.05, 0) is 12.1 Å². The highest BCUT2D eigenvalue weighted by Crippen LogP contribution is 2.21. The Morgan fingerprint density at radius 1 is 1.12 bits per heavy atom. The van der Waals surface area contributed by atoms with E-state index in [4.69, 9.17) is 4.74 Å². The fourth-order valence-electron chi connectivity index (χ4n) is 2.22. The zero-order valence-corrected chi connectivity index (χ0v) is 13.7. The molecular formula is C15H14F2N4O3S. The maximum atomic E-state index is 13.5. The van der Waals surface area contributed by atoms with Gasteiger partial charge < -0.3 is 9.64 Å². The summed E-state index contributed by atoms with van der Waals surface area (Å²) in [6, 6.07) is 3.05. The van der Waals surface area contributed by atoms with Crippen molar-refractivity contribution in [2.24, 2.45) is 0 Å². The fourth-order valence-corrected chi connectivity index (χ4v) is 3.08. The molecule has 2 aromatic rings. The van der Waals surface area contributed by atoms with Gasteiger partial charge in [-0.3, -0.25) is 20.4 Å². The Balaban J connectivity index is 1.61. The van der Waals surface area contributed by atoms with E-state index in [1.165, 1.54) is 16.7 Å². The van der Waals surface area contributed by atoms with Crippen LogP contribution in [0.3, 0.4) is 0 Å². The van der Waals surface area contributed by atoms with Crippen LogP contribution in [0.2, 0.25) is 0 Å². The van der Waals surface area contributed by atoms with Gasteiger partial charge in [-0.15, -0.1) is 11.3 Å². The molecule has 3 rings (SSSR count). The van der Waals surface area contributed by atoms with E-state index in [1.54, 1.807) is 0 Å². The van der Waals surface area contributed by atoms with Gasteiger partial charge in [-0.2, -0.15) is 0 Å². The summed E-state index contributed by atoms with van der Waals surface area (Å²) >= 11 is 1.29. The molecule has 1 saturated heterocycles. The van der Waals surface area contributed by atoms with Crippen molar-refractivity contribution in [2.45, 2.75) is 0 Å². The number of carbonyl (C=O) groups is 2. The molecule has 25 heavy (non-hydrogen) atoms. The number of hydrogen-bond acceptors (Lipinski definition) is 6. The first kappa shape index (κ1) is 17.2. The molecule has 0 spiro atoms. The minimum absolute atomic E-state index is 0.0980. The third-order valence-electron chi connectivity index (χ3n) is 3.49. The monoisotopic (exact) mass is 368 g/mol. The maximum absolute atomic E-state index is 13.5. The van der Waals surface area contributed by atoms with E-state index in [2.05, 4.69) is 10.4 Å². The molecule has 1 fully saturated rings. The standard InChI is InChI=1S/C15H14F2N4O3S/c16-9-2-1-3-10(17)12(9)14(23)20-19-13(22)11-8-25-15(18-11)21-4-6-24-7-5-21/h1-3,8H,4-7H2,(H,19,22)(H,20,23). The Morgan fingerprint density at radius 3 is 2.44 bits per heavy atom. The largest absolute Gasteiger partial charge is 0.378 e. The molecule has 0 aliphatic carbocycles. The summed E-state index contributed by atoms with van der Waals surface area (Å²) in [5.41, 5.74) is 3.41. The average molecular weight is 368 g/mol. The number of nitrogens with one attached hydrogen (secondary N) is 2. The van der Waals surface area contributed by atoms with Crippen molar-refractivity contribution >= 4 is 28.3 Å². The fraction of sp³-hybridized carbons (Fsp3) is 0.267. The number of benzene rings is 1. The summed E-state index contributed by atoms with van der Waals surface area (Å²) in [5.74, 6) is -3.81. The topological polar surface area (TPSA) is 83.6 Å². The zero-order valence-electron chi connectivity index (χ0n) is 12.9. The molecule has 1 aliphatic heterocycles. The number of rotatable bonds is 3. The zero-order chi connectivity index (χ0) is 17.8. The quantitative estimate of drug-likeness (QED) is 0.799. The van der Waals surface area contributed by atoms with Crippen LogP contribution >= 0.6 is 11.3 Å². The highest BCUT2D eigenvalue weighted by atomic mass is 32.1. The molecule has 1 aromatic heterocycles. The minimum Gasteiger partial charge on any atom is -0.378 e. The number of morpholine rings is 1. The van der Waals surface area contributed by atoms with E-state index < -0.39 is 29.0 Å². The first-order valence-corrected chi connectivity index (χ1v) is 8.27. The number of anilines is 1. The molecule has 0 bridgehead atoms. The van der Waals surface area contributed by atoms with Crippen LogP contribution in [0.1, 0.15) is 20.8 Å². The van der Waals surface area contributed by atoms with E-state index in [-0.39, 0.29) is 5.69 Å². The van der Waals surface area contributed by atoms with Gasteiger partial charge in [0.1, 0.15) is 22.9 Å². The van der Waals surface area contributed by atoms with E-state index in [0.29, 0.717) is 31.4 Å². The van der Waals surface area contributed by atoms with Gasteiger partial charge in [0.2, 0.25) is 0 Å². The van der Waals surface area contributed by atoms with E-state index >= 15 is 0 Å². The second kappa shape index (κ2) is 7.53. The number of ether oxygens (including phenoxy) is 1. The smallest absolute Gasteiger partial charge is 0.289 e. The molecule has 2 N–H and O–H groups in total. The average Bonchev–Trinajstić information content (AvgIpc) is 3.10. The van der Waals surface area contributed by atoms with Crippen molar-refractivity contribution in [1.29, 1.82) is 0 Å². The van der Waals surface area contributed by atoms with Gasteiger partial charge in [0.25, 0.3) is 11.8 Å². The SMILES string of the molecule is O=C(NNC(=O)c1c(F)cccc1F)c1csc(N2CCOCC2)n1. The lowest BCUT2D eigenvalue weighted by atomic mass is 10.2. The first-order valence-electron chi connectivity index (χ1n) is 7.39. The second-order valence-corrected chi connectivity index (χ2v) is 5.96. The van der Waals surface area contributed by atoms with Crippen molar-refractivity contribution < 1.29 is 23.1 Å². The lowest BCUT2D eigenvalue weighted by Crippen LogP contribution is -2.42. The molecule has 132 valence electrons. The molecule has 2 heterocycles. The molecule has 7 nitrogen and oxygen atoms in total. The van der Waals surface area contributed by atoms with Crippen molar-refractivity contribution in [3.05, 3.63) is 46.5 Å². The van der Waals surface area contributed by atoms with Crippen LogP contribution in [0.25, 0.3) is 0 Å². The van der Waals surface area contributed by atoms with Gasteiger partial charge >= 0.3 is 0 Å². The molecular weight excluding hydrogens is 354 g/mol. The van der Waals surface area contributed by atoms with Crippen molar-refractivity contribution in [3.8, 4) is 0 Å². The van der Waals surface area contributed by atoms with Crippen LogP contribution in [0.15, 0.2) is 23.6 Å². The first-order chi connectivity index (χ1) is 12.1. The number of carbonyl (C=O) groups excluding carboxylic acids is 2. The number of aromatic nitrogens is 1. The summed E-state index contributed by atoms with van der Waals surface area (Å²) in [7, 11) is 0. The summed E-state index contributed by atoms with van der Waals surface area (Å²) in [6.45, 7) is 2.53. The number of nitrogens with zero attached hydrogens (tertiary/aromatic N) is 2. The van der Waals surface area contributed by atoms with Gasteiger partial charge in [0, 0.05) is 18.5 Å². The maximum Gasteiger partial charge on any atom is 0.289 e. The highest BCUT2D eigenvalue weighted by molar-refractivity contribution is 7.13. The highest BCUT2D eigenvalue weighted by Gasteiger charge is 2.20. The second-order valence-electron chi connectivity index (χ2n) is 5.12. The van der Waals surface area contributed by atoms with Crippen LogP contribution in [0.4, 0.5) is 13.9 Å². The summed E-state index contributed by atoms with van der Waals surface area (Å²) in [6.07, 6.45) is 0. The molecule has 1 aliphatic rings. The van der Waals surface area contributed by atoms with Crippen LogP contribution in [0.5, 0.6) is 0 Å². The molecule has 1 aromatic carbocycles. The lowest BCUT2D eigenvalue weighted by molar-refractivity contribution is 0.0839.